The molecule has 116 valence electrons. The third kappa shape index (κ3) is 3.29. The Morgan fingerprint density at radius 2 is 1.76 bits per heavy atom. The SMILES string of the molecule is COc1cc(OC)cc(C2CN(C(C)C)CC2C(=O)O)c1. The maximum atomic E-state index is 11.6. The number of hydrogen-bond donors (Lipinski definition) is 1. The summed E-state index contributed by atoms with van der Waals surface area (Å²) in [5.41, 5.74) is 0.960. The lowest BCUT2D eigenvalue weighted by Crippen LogP contribution is -2.29. The third-order valence-corrected chi connectivity index (χ3v) is 4.20. The first-order valence-corrected chi connectivity index (χ1v) is 7.16. The summed E-state index contributed by atoms with van der Waals surface area (Å²) in [4.78, 5) is 13.8. The summed E-state index contributed by atoms with van der Waals surface area (Å²) in [6, 6.07) is 5.96. The van der Waals surface area contributed by atoms with Crippen LogP contribution in [0.25, 0.3) is 0 Å². The molecule has 5 heteroatoms. The van der Waals surface area contributed by atoms with Crippen molar-refractivity contribution < 1.29 is 19.4 Å². The normalized spacial score (nSPS) is 22.5. The van der Waals surface area contributed by atoms with Crippen molar-refractivity contribution in [3.8, 4) is 11.5 Å². The van der Waals surface area contributed by atoms with Gasteiger partial charge in [-0.2, -0.15) is 0 Å². The molecule has 0 aliphatic carbocycles. The molecule has 0 amide bonds. The molecule has 21 heavy (non-hydrogen) atoms. The van der Waals surface area contributed by atoms with Gasteiger partial charge in [-0.25, -0.2) is 0 Å². The van der Waals surface area contributed by atoms with Crippen molar-refractivity contribution in [3.63, 3.8) is 0 Å². The number of carboxylic acids is 1. The minimum Gasteiger partial charge on any atom is -0.497 e. The van der Waals surface area contributed by atoms with Crippen LogP contribution in [0.5, 0.6) is 11.5 Å². The highest BCUT2D eigenvalue weighted by molar-refractivity contribution is 5.72. The zero-order valence-corrected chi connectivity index (χ0v) is 13.0. The molecule has 5 nitrogen and oxygen atoms in total. The van der Waals surface area contributed by atoms with Crippen molar-refractivity contribution >= 4 is 5.97 Å². The Morgan fingerprint density at radius 1 is 1.19 bits per heavy atom. The standard InChI is InChI=1S/C16H23NO4/c1-10(2)17-8-14(15(9-17)16(18)19)11-5-12(20-3)7-13(6-11)21-4/h5-7,10,14-15H,8-9H2,1-4H3,(H,18,19). The van der Waals surface area contributed by atoms with Gasteiger partial charge in [0.25, 0.3) is 0 Å². The number of carbonyl (C=O) groups is 1. The van der Waals surface area contributed by atoms with Crippen LogP contribution < -0.4 is 9.47 Å². The number of methoxy groups -OCH3 is 2. The Kier molecular flexibility index (Phi) is 4.73. The molecule has 1 aliphatic rings. The van der Waals surface area contributed by atoms with Gasteiger partial charge in [0.2, 0.25) is 0 Å². The highest BCUT2D eigenvalue weighted by Crippen LogP contribution is 2.37. The fourth-order valence-electron chi connectivity index (χ4n) is 2.89. The van der Waals surface area contributed by atoms with E-state index in [2.05, 4.69) is 18.7 Å². The van der Waals surface area contributed by atoms with Gasteiger partial charge in [-0.1, -0.05) is 0 Å². The van der Waals surface area contributed by atoms with Crippen molar-refractivity contribution in [2.45, 2.75) is 25.8 Å². The third-order valence-electron chi connectivity index (χ3n) is 4.20. The Labute approximate surface area is 125 Å². The maximum absolute atomic E-state index is 11.6. The van der Waals surface area contributed by atoms with E-state index in [0.717, 1.165) is 12.1 Å². The van der Waals surface area contributed by atoms with Gasteiger partial charge in [-0.3, -0.25) is 9.69 Å². The first-order valence-electron chi connectivity index (χ1n) is 7.16. The monoisotopic (exact) mass is 293 g/mol. The number of rotatable bonds is 5. The molecule has 0 radical (unpaired) electrons. The Morgan fingerprint density at radius 3 is 2.19 bits per heavy atom. The first-order chi connectivity index (χ1) is 9.96. The van der Waals surface area contributed by atoms with Crippen LogP contribution in [0.15, 0.2) is 18.2 Å². The van der Waals surface area contributed by atoms with E-state index in [9.17, 15) is 9.90 Å². The second-order valence-electron chi connectivity index (χ2n) is 5.74. The predicted molar refractivity (Wildman–Crippen MR) is 80.1 cm³/mol. The Balaban J connectivity index is 2.36. The van der Waals surface area contributed by atoms with Crippen molar-refractivity contribution in [1.29, 1.82) is 0 Å². The van der Waals surface area contributed by atoms with E-state index in [1.807, 2.05) is 12.1 Å². The minimum absolute atomic E-state index is 0.0473. The molecule has 0 aromatic heterocycles. The van der Waals surface area contributed by atoms with E-state index in [1.165, 1.54) is 0 Å². The number of likely N-dealkylation sites (tertiary alicyclic amines) is 1. The predicted octanol–water partition coefficient (Wildman–Crippen LogP) is 2.21. The molecule has 0 saturated carbocycles. The smallest absolute Gasteiger partial charge is 0.308 e. The number of hydrogen-bond acceptors (Lipinski definition) is 4. The first kappa shape index (κ1) is 15.6. The van der Waals surface area contributed by atoms with E-state index < -0.39 is 11.9 Å². The lowest BCUT2D eigenvalue weighted by atomic mass is 9.89. The highest BCUT2D eigenvalue weighted by Gasteiger charge is 2.39. The van der Waals surface area contributed by atoms with Gasteiger partial charge in [0.05, 0.1) is 20.1 Å². The molecule has 2 unspecified atom stereocenters. The van der Waals surface area contributed by atoms with Gasteiger partial charge in [0.15, 0.2) is 0 Å². The van der Waals surface area contributed by atoms with Gasteiger partial charge >= 0.3 is 5.97 Å². The Bertz CT molecular complexity index is 493. The van der Waals surface area contributed by atoms with E-state index in [4.69, 9.17) is 9.47 Å². The second-order valence-corrected chi connectivity index (χ2v) is 5.74. The van der Waals surface area contributed by atoms with Crippen LogP contribution in [-0.4, -0.2) is 49.3 Å². The summed E-state index contributed by atoms with van der Waals surface area (Å²) in [5, 5.41) is 9.51. The lowest BCUT2D eigenvalue weighted by Gasteiger charge is -2.20. The fraction of sp³-hybridized carbons (Fsp3) is 0.562. The van der Waals surface area contributed by atoms with Gasteiger partial charge in [-0.15, -0.1) is 0 Å². The molecule has 1 N–H and O–H groups in total. The zero-order valence-electron chi connectivity index (χ0n) is 13.0. The number of ether oxygens (including phenoxy) is 2. The van der Waals surface area contributed by atoms with Crippen molar-refractivity contribution in [1.82, 2.24) is 4.90 Å². The van der Waals surface area contributed by atoms with Gasteiger partial charge < -0.3 is 14.6 Å². The second kappa shape index (κ2) is 6.35. The van der Waals surface area contributed by atoms with Crippen LogP contribution in [0.4, 0.5) is 0 Å². The average Bonchev–Trinajstić information content (AvgIpc) is 2.92. The van der Waals surface area contributed by atoms with E-state index >= 15 is 0 Å². The number of nitrogens with zero attached hydrogens (tertiary/aromatic N) is 1. The highest BCUT2D eigenvalue weighted by atomic mass is 16.5. The molecular weight excluding hydrogens is 270 g/mol. The van der Waals surface area contributed by atoms with Crippen LogP contribution in [0.3, 0.4) is 0 Å². The summed E-state index contributed by atoms with van der Waals surface area (Å²) in [7, 11) is 3.20. The summed E-state index contributed by atoms with van der Waals surface area (Å²) in [6.45, 7) is 5.50. The summed E-state index contributed by atoms with van der Waals surface area (Å²) >= 11 is 0. The fourth-order valence-corrected chi connectivity index (χ4v) is 2.89. The van der Waals surface area contributed by atoms with Crippen LogP contribution >= 0.6 is 0 Å². The molecule has 1 saturated heterocycles. The largest absolute Gasteiger partial charge is 0.497 e. The molecule has 2 atom stereocenters. The molecule has 0 bridgehead atoms. The van der Waals surface area contributed by atoms with E-state index in [-0.39, 0.29) is 5.92 Å². The van der Waals surface area contributed by atoms with Crippen molar-refractivity contribution in [3.05, 3.63) is 23.8 Å². The molecule has 2 rings (SSSR count). The summed E-state index contributed by atoms with van der Waals surface area (Å²) in [5.74, 6) is 0.191. The number of benzene rings is 1. The molecule has 0 spiro atoms. The summed E-state index contributed by atoms with van der Waals surface area (Å²) < 4.78 is 10.6. The topological polar surface area (TPSA) is 59.0 Å². The number of aliphatic carboxylic acids is 1. The Hall–Kier alpha value is -1.75. The number of carboxylic acid groups (broad SMARTS) is 1. The zero-order chi connectivity index (χ0) is 15.6. The molecule has 1 fully saturated rings. The minimum atomic E-state index is -0.745. The maximum Gasteiger partial charge on any atom is 0.308 e. The van der Waals surface area contributed by atoms with Gasteiger partial charge in [0.1, 0.15) is 11.5 Å². The molecular formula is C16H23NO4. The molecule has 1 aromatic carbocycles. The lowest BCUT2D eigenvalue weighted by molar-refractivity contribution is -0.141. The van der Waals surface area contributed by atoms with Crippen molar-refractivity contribution in [2.75, 3.05) is 27.3 Å². The van der Waals surface area contributed by atoms with Crippen LogP contribution in [0.2, 0.25) is 0 Å². The van der Waals surface area contributed by atoms with Gasteiger partial charge in [0, 0.05) is 31.1 Å². The van der Waals surface area contributed by atoms with Gasteiger partial charge in [-0.05, 0) is 31.5 Å². The van der Waals surface area contributed by atoms with Crippen LogP contribution in [-0.2, 0) is 4.79 Å². The van der Waals surface area contributed by atoms with Crippen molar-refractivity contribution in [2.24, 2.45) is 5.92 Å². The molecule has 1 aromatic rings. The van der Waals surface area contributed by atoms with E-state index in [0.29, 0.717) is 24.1 Å². The van der Waals surface area contributed by atoms with Crippen LogP contribution in [0.1, 0.15) is 25.3 Å². The molecule has 1 aliphatic heterocycles. The summed E-state index contributed by atoms with van der Waals surface area (Å²) in [6.07, 6.45) is 0. The van der Waals surface area contributed by atoms with Crippen LogP contribution in [0, 0.1) is 5.92 Å². The average molecular weight is 293 g/mol. The quantitative estimate of drug-likeness (QED) is 0.902. The molecule has 1 heterocycles. The van der Waals surface area contributed by atoms with E-state index in [1.54, 1.807) is 20.3 Å².